The molecule has 0 N–H and O–H groups in total. The van der Waals surface area contributed by atoms with E-state index in [2.05, 4.69) is 34.5 Å². The summed E-state index contributed by atoms with van der Waals surface area (Å²) in [6.45, 7) is 0. The summed E-state index contributed by atoms with van der Waals surface area (Å²) < 4.78 is 0. The predicted molar refractivity (Wildman–Crippen MR) is 103 cm³/mol. The van der Waals surface area contributed by atoms with E-state index >= 15 is 0 Å². The summed E-state index contributed by atoms with van der Waals surface area (Å²) in [6.07, 6.45) is 1.67. The standard InChI is InChI=1S/C20H26N4/c1-23(2)21-19(17-11-7-5-8-12-17)15-16-20(22-24(3)4)18-13-9-6-10-14-18/h5-14H,15-16H2,1-4H3. The van der Waals surface area contributed by atoms with E-state index in [1.807, 2.05) is 74.6 Å². The van der Waals surface area contributed by atoms with Gasteiger partial charge in [0.25, 0.3) is 0 Å². The molecule has 0 fully saturated rings. The van der Waals surface area contributed by atoms with Crippen molar-refractivity contribution in [2.24, 2.45) is 10.2 Å². The zero-order valence-electron chi connectivity index (χ0n) is 15.0. The van der Waals surface area contributed by atoms with Crippen molar-refractivity contribution in [2.75, 3.05) is 28.2 Å². The summed E-state index contributed by atoms with van der Waals surface area (Å²) in [7, 11) is 7.81. The van der Waals surface area contributed by atoms with Gasteiger partial charge in [0.2, 0.25) is 0 Å². The van der Waals surface area contributed by atoms with Crippen molar-refractivity contribution in [3.63, 3.8) is 0 Å². The first-order valence-electron chi connectivity index (χ1n) is 8.16. The van der Waals surface area contributed by atoms with Crippen molar-refractivity contribution in [3.05, 3.63) is 71.8 Å². The summed E-state index contributed by atoms with van der Waals surface area (Å²) in [5, 5.41) is 13.1. The molecule has 0 atom stereocenters. The lowest BCUT2D eigenvalue weighted by molar-refractivity contribution is 0.434. The number of benzene rings is 2. The van der Waals surface area contributed by atoms with Gasteiger partial charge in [0, 0.05) is 28.2 Å². The molecule has 0 heterocycles. The Morgan fingerprint density at radius 2 is 0.958 bits per heavy atom. The van der Waals surface area contributed by atoms with Crippen LogP contribution in [0.4, 0.5) is 0 Å². The molecule has 24 heavy (non-hydrogen) atoms. The third kappa shape index (κ3) is 5.54. The van der Waals surface area contributed by atoms with Crippen LogP contribution in [-0.2, 0) is 0 Å². The highest BCUT2D eigenvalue weighted by atomic mass is 15.4. The number of nitrogens with zero attached hydrogens (tertiary/aromatic N) is 4. The van der Waals surface area contributed by atoms with E-state index in [0.29, 0.717) is 0 Å². The molecule has 2 rings (SSSR count). The van der Waals surface area contributed by atoms with Crippen LogP contribution in [0.5, 0.6) is 0 Å². The molecular weight excluding hydrogens is 296 g/mol. The Hall–Kier alpha value is -2.62. The van der Waals surface area contributed by atoms with E-state index in [1.54, 1.807) is 0 Å². The molecule has 4 heteroatoms. The molecule has 0 amide bonds. The third-order valence-electron chi connectivity index (χ3n) is 3.45. The molecule has 0 aliphatic heterocycles. The van der Waals surface area contributed by atoms with E-state index < -0.39 is 0 Å². The van der Waals surface area contributed by atoms with Gasteiger partial charge in [0.15, 0.2) is 0 Å². The summed E-state index contributed by atoms with van der Waals surface area (Å²) >= 11 is 0. The third-order valence-corrected chi connectivity index (χ3v) is 3.45. The molecule has 0 radical (unpaired) electrons. The first kappa shape index (κ1) is 17.7. The number of hydrazone groups is 2. The van der Waals surface area contributed by atoms with Crippen LogP contribution in [0.1, 0.15) is 24.0 Å². The molecule has 0 unspecified atom stereocenters. The highest BCUT2D eigenvalue weighted by molar-refractivity contribution is 6.06. The SMILES string of the molecule is CN(C)N=C(CCC(=NN(C)C)c1ccccc1)c1ccccc1. The van der Waals surface area contributed by atoms with Crippen molar-refractivity contribution in [1.29, 1.82) is 0 Å². The minimum absolute atomic E-state index is 0.837. The van der Waals surface area contributed by atoms with Crippen LogP contribution in [-0.4, -0.2) is 49.6 Å². The van der Waals surface area contributed by atoms with Crippen LogP contribution >= 0.6 is 0 Å². The molecule has 0 bridgehead atoms. The molecule has 126 valence electrons. The molecule has 0 aliphatic rings. The molecule has 0 saturated carbocycles. The maximum absolute atomic E-state index is 4.67. The first-order chi connectivity index (χ1) is 11.6. The second-order valence-corrected chi connectivity index (χ2v) is 6.02. The number of hydrogen-bond acceptors (Lipinski definition) is 4. The van der Waals surface area contributed by atoms with Gasteiger partial charge in [-0.1, -0.05) is 60.7 Å². The first-order valence-corrected chi connectivity index (χ1v) is 8.16. The minimum atomic E-state index is 0.837. The van der Waals surface area contributed by atoms with Crippen molar-refractivity contribution in [1.82, 2.24) is 10.0 Å². The molecule has 0 spiro atoms. The van der Waals surface area contributed by atoms with E-state index in [-0.39, 0.29) is 0 Å². The van der Waals surface area contributed by atoms with Crippen molar-refractivity contribution < 1.29 is 0 Å². The topological polar surface area (TPSA) is 31.2 Å². The quantitative estimate of drug-likeness (QED) is 0.575. The lowest BCUT2D eigenvalue weighted by Gasteiger charge is -2.14. The minimum Gasteiger partial charge on any atom is -0.303 e. The molecule has 2 aromatic carbocycles. The van der Waals surface area contributed by atoms with Gasteiger partial charge in [0.05, 0.1) is 11.4 Å². The average molecular weight is 322 g/mol. The van der Waals surface area contributed by atoms with E-state index in [1.165, 1.54) is 0 Å². The molecular formula is C20H26N4. The van der Waals surface area contributed by atoms with Gasteiger partial charge in [-0.3, -0.25) is 0 Å². The Morgan fingerprint density at radius 3 is 1.25 bits per heavy atom. The van der Waals surface area contributed by atoms with E-state index in [4.69, 9.17) is 0 Å². The van der Waals surface area contributed by atoms with Crippen LogP contribution in [0.25, 0.3) is 0 Å². The van der Waals surface area contributed by atoms with Crippen molar-refractivity contribution in [2.45, 2.75) is 12.8 Å². The molecule has 0 aromatic heterocycles. The van der Waals surface area contributed by atoms with E-state index in [0.717, 1.165) is 35.4 Å². The smallest absolute Gasteiger partial charge is 0.0681 e. The molecule has 0 aliphatic carbocycles. The molecule has 4 nitrogen and oxygen atoms in total. The summed E-state index contributed by atoms with van der Waals surface area (Å²) in [4.78, 5) is 0. The van der Waals surface area contributed by atoms with Crippen molar-refractivity contribution >= 4 is 11.4 Å². The summed E-state index contributed by atoms with van der Waals surface area (Å²) in [5.41, 5.74) is 4.46. The number of rotatable bonds is 7. The van der Waals surface area contributed by atoms with Gasteiger partial charge in [0.1, 0.15) is 0 Å². The van der Waals surface area contributed by atoms with E-state index in [9.17, 15) is 0 Å². The van der Waals surface area contributed by atoms with Gasteiger partial charge in [-0.05, 0) is 24.0 Å². The highest BCUT2D eigenvalue weighted by Crippen LogP contribution is 2.12. The Bertz CT molecular complexity index is 612. The lowest BCUT2D eigenvalue weighted by Crippen LogP contribution is -2.15. The van der Waals surface area contributed by atoms with Crippen LogP contribution in [0, 0.1) is 0 Å². The van der Waals surface area contributed by atoms with Crippen molar-refractivity contribution in [3.8, 4) is 0 Å². The van der Waals surface area contributed by atoms with Gasteiger partial charge in [-0.25, -0.2) is 0 Å². The van der Waals surface area contributed by atoms with Crippen LogP contribution < -0.4 is 0 Å². The van der Waals surface area contributed by atoms with Crippen LogP contribution in [0.2, 0.25) is 0 Å². The fourth-order valence-electron chi connectivity index (χ4n) is 2.48. The zero-order chi connectivity index (χ0) is 17.4. The Kier molecular flexibility index (Phi) is 6.55. The highest BCUT2D eigenvalue weighted by Gasteiger charge is 2.09. The fourth-order valence-corrected chi connectivity index (χ4v) is 2.48. The maximum atomic E-state index is 4.67. The van der Waals surface area contributed by atoms with Crippen LogP contribution in [0.15, 0.2) is 70.9 Å². The maximum Gasteiger partial charge on any atom is 0.0681 e. The molecule has 0 saturated heterocycles. The normalized spacial score (nSPS) is 12.2. The average Bonchev–Trinajstić information content (AvgIpc) is 2.58. The predicted octanol–water partition coefficient (Wildman–Crippen LogP) is 3.70. The zero-order valence-corrected chi connectivity index (χ0v) is 15.0. The van der Waals surface area contributed by atoms with Crippen LogP contribution in [0.3, 0.4) is 0 Å². The Balaban J connectivity index is 2.22. The second kappa shape index (κ2) is 8.87. The number of hydrogen-bond donors (Lipinski definition) is 0. The summed E-state index contributed by atoms with van der Waals surface area (Å²) in [6, 6.07) is 20.7. The Labute approximate surface area is 145 Å². The van der Waals surface area contributed by atoms with Gasteiger partial charge >= 0.3 is 0 Å². The summed E-state index contributed by atoms with van der Waals surface area (Å²) in [5.74, 6) is 0. The fraction of sp³-hybridized carbons (Fsp3) is 0.300. The van der Waals surface area contributed by atoms with Gasteiger partial charge < -0.3 is 10.0 Å². The monoisotopic (exact) mass is 322 g/mol. The van der Waals surface area contributed by atoms with Gasteiger partial charge in [-0.15, -0.1) is 0 Å². The molecule has 2 aromatic rings. The second-order valence-electron chi connectivity index (χ2n) is 6.02. The lowest BCUT2D eigenvalue weighted by atomic mass is 10.0. The largest absolute Gasteiger partial charge is 0.303 e. The van der Waals surface area contributed by atoms with Gasteiger partial charge in [-0.2, -0.15) is 10.2 Å². The Morgan fingerprint density at radius 1 is 0.625 bits per heavy atom.